The number of rotatable bonds is 3. The maximum atomic E-state index is 13.5. The Balaban J connectivity index is 2.00. The molecule has 1 N–H and O–H groups in total. The number of aromatic nitrogens is 1. The molecule has 94 valence electrons. The van der Waals surface area contributed by atoms with Gasteiger partial charge in [0.1, 0.15) is 0 Å². The van der Waals surface area contributed by atoms with Gasteiger partial charge in [0.25, 0.3) is 0 Å². The Labute approximate surface area is 107 Å². The van der Waals surface area contributed by atoms with Crippen LogP contribution in [0.5, 0.6) is 0 Å². The lowest BCUT2D eigenvalue weighted by molar-refractivity contribution is 0.457. The van der Waals surface area contributed by atoms with Crippen molar-refractivity contribution < 1.29 is 4.39 Å². The average molecular weight is 257 g/mol. The molecule has 0 spiro atoms. The highest BCUT2D eigenvalue weighted by atomic mass is 35.5. The van der Waals surface area contributed by atoms with Crippen molar-refractivity contribution in [2.45, 2.75) is 27.7 Å². The van der Waals surface area contributed by atoms with Crippen LogP contribution in [0.1, 0.15) is 27.7 Å². The molecule has 0 bridgehead atoms. The molecule has 0 radical (unpaired) electrons. The van der Waals surface area contributed by atoms with Crippen LogP contribution >= 0.6 is 11.6 Å². The van der Waals surface area contributed by atoms with Gasteiger partial charge in [0.05, 0.1) is 5.02 Å². The van der Waals surface area contributed by atoms with Crippen molar-refractivity contribution in [2.75, 3.05) is 11.9 Å². The largest absolute Gasteiger partial charge is 0.367 e. The minimum Gasteiger partial charge on any atom is -0.367 e. The van der Waals surface area contributed by atoms with Gasteiger partial charge in [-0.2, -0.15) is 0 Å². The standard InChI is InChI=1S/C13H18ClFN2/c1-12(2)10(13(12,3)4)7-17-11-9(15)5-8(14)6-16-11/h5-6,10H,7H2,1-4H3,(H,16,17). The molecular formula is C13H18ClFN2. The van der Waals surface area contributed by atoms with Gasteiger partial charge in [-0.3, -0.25) is 0 Å². The van der Waals surface area contributed by atoms with E-state index < -0.39 is 5.82 Å². The molecule has 1 aromatic heterocycles. The van der Waals surface area contributed by atoms with Crippen LogP contribution < -0.4 is 5.32 Å². The van der Waals surface area contributed by atoms with Crippen molar-refractivity contribution >= 4 is 17.4 Å². The van der Waals surface area contributed by atoms with E-state index in [0.717, 1.165) is 6.54 Å². The first kappa shape index (κ1) is 12.6. The molecule has 1 saturated carbocycles. The van der Waals surface area contributed by atoms with Crippen LogP contribution in [0.2, 0.25) is 5.02 Å². The SMILES string of the molecule is CC1(C)C(CNc2ncc(Cl)cc2F)C1(C)C. The second-order valence-corrected chi connectivity index (χ2v) is 6.30. The highest BCUT2D eigenvalue weighted by Crippen LogP contribution is 2.68. The molecule has 2 rings (SSSR count). The van der Waals surface area contributed by atoms with E-state index in [1.807, 2.05) is 0 Å². The summed E-state index contributed by atoms with van der Waals surface area (Å²) in [5.41, 5.74) is 0.589. The third-order valence-corrected chi connectivity index (χ3v) is 4.81. The first-order chi connectivity index (χ1) is 7.76. The Kier molecular flexibility index (Phi) is 2.85. The molecule has 0 amide bonds. The third kappa shape index (κ3) is 2.01. The molecule has 1 aliphatic rings. The van der Waals surface area contributed by atoms with Gasteiger partial charge in [-0.1, -0.05) is 39.3 Å². The molecule has 0 atom stereocenters. The lowest BCUT2D eigenvalue weighted by Gasteiger charge is -2.07. The fraction of sp³-hybridized carbons (Fsp3) is 0.615. The molecule has 0 aromatic carbocycles. The van der Waals surface area contributed by atoms with Crippen LogP contribution in [0.25, 0.3) is 0 Å². The Morgan fingerprint density at radius 1 is 1.35 bits per heavy atom. The first-order valence-corrected chi connectivity index (χ1v) is 6.19. The second-order valence-electron chi connectivity index (χ2n) is 5.86. The lowest BCUT2D eigenvalue weighted by Crippen LogP contribution is -2.10. The van der Waals surface area contributed by atoms with E-state index in [2.05, 4.69) is 38.0 Å². The molecule has 17 heavy (non-hydrogen) atoms. The predicted octanol–water partition coefficient (Wildman–Crippen LogP) is 3.97. The molecule has 4 heteroatoms. The van der Waals surface area contributed by atoms with Crippen molar-refractivity contribution in [1.82, 2.24) is 4.98 Å². The Morgan fingerprint density at radius 3 is 2.41 bits per heavy atom. The summed E-state index contributed by atoms with van der Waals surface area (Å²) in [5.74, 6) is 0.425. The third-order valence-electron chi connectivity index (χ3n) is 4.60. The lowest BCUT2D eigenvalue weighted by atomic mass is 10.0. The van der Waals surface area contributed by atoms with Gasteiger partial charge in [0.2, 0.25) is 0 Å². The number of nitrogens with one attached hydrogen (secondary N) is 1. The van der Waals surface area contributed by atoms with E-state index in [0.29, 0.717) is 21.8 Å². The molecule has 0 aliphatic heterocycles. The number of hydrogen-bond donors (Lipinski definition) is 1. The minimum atomic E-state index is -0.395. The van der Waals surface area contributed by atoms with Crippen LogP contribution in [-0.4, -0.2) is 11.5 Å². The zero-order chi connectivity index (χ0) is 12.8. The normalized spacial score (nSPS) is 21.3. The van der Waals surface area contributed by atoms with Gasteiger partial charge < -0.3 is 5.32 Å². The zero-order valence-electron chi connectivity index (χ0n) is 10.6. The van der Waals surface area contributed by atoms with Crippen molar-refractivity contribution in [3.63, 3.8) is 0 Å². The topological polar surface area (TPSA) is 24.9 Å². The maximum Gasteiger partial charge on any atom is 0.166 e. The molecular weight excluding hydrogens is 239 g/mol. The summed E-state index contributed by atoms with van der Waals surface area (Å²) < 4.78 is 13.5. The van der Waals surface area contributed by atoms with Gasteiger partial charge in [0, 0.05) is 12.7 Å². The summed E-state index contributed by atoms with van der Waals surface area (Å²) in [7, 11) is 0. The maximum absolute atomic E-state index is 13.5. The van der Waals surface area contributed by atoms with Crippen molar-refractivity contribution in [2.24, 2.45) is 16.7 Å². The summed E-state index contributed by atoms with van der Waals surface area (Å²) in [5, 5.41) is 3.39. The van der Waals surface area contributed by atoms with Gasteiger partial charge in [-0.15, -0.1) is 0 Å². The van der Waals surface area contributed by atoms with Gasteiger partial charge >= 0.3 is 0 Å². The smallest absolute Gasteiger partial charge is 0.166 e. The Hall–Kier alpha value is -0.830. The quantitative estimate of drug-likeness (QED) is 0.885. The van der Waals surface area contributed by atoms with Gasteiger partial charge in [0.15, 0.2) is 11.6 Å². The van der Waals surface area contributed by atoms with E-state index in [9.17, 15) is 4.39 Å². The molecule has 1 aromatic rings. The second kappa shape index (κ2) is 3.84. The molecule has 2 nitrogen and oxygen atoms in total. The first-order valence-electron chi connectivity index (χ1n) is 5.81. The van der Waals surface area contributed by atoms with E-state index in [-0.39, 0.29) is 5.82 Å². The summed E-state index contributed by atoms with van der Waals surface area (Å²) in [6.07, 6.45) is 1.45. The van der Waals surface area contributed by atoms with E-state index in [4.69, 9.17) is 11.6 Å². The highest BCUT2D eigenvalue weighted by Gasteiger charge is 2.64. The van der Waals surface area contributed by atoms with E-state index in [1.54, 1.807) is 0 Å². The summed E-state index contributed by atoms with van der Waals surface area (Å²) in [6, 6.07) is 1.28. The predicted molar refractivity (Wildman–Crippen MR) is 68.7 cm³/mol. The molecule has 1 aliphatic carbocycles. The van der Waals surface area contributed by atoms with E-state index in [1.165, 1.54) is 12.3 Å². The molecule has 1 heterocycles. The molecule has 0 unspecified atom stereocenters. The fourth-order valence-electron chi connectivity index (χ4n) is 2.59. The number of nitrogens with zero attached hydrogens (tertiary/aromatic N) is 1. The highest BCUT2D eigenvalue weighted by molar-refractivity contribution is 6.30. The van der Waals surface area contributed by atoms with E-state index >= 15 is 0 Å². The van der Waals surface area contributed by atoms with Crippen molar-refractivity contribution in [3.8, 4) is 0 Å². The minimum absolute atomic E-state index is 0.285. The number of halogens is 2. The monoisotopic (exact) mass is 256 g/mol. The van der Waals surface area contributed by atoms with Crippen LogP contribution in [0.15, 0.2) is 12.3 Å². The molecule has 0 saturated heterocycles. The summed E-state index contributed by atoms with van der Waals surface area (Å²) >= 11 is 5.65. The van der Waals surface area contributed by atoms with Gasteiger partial charge in [-0.25, -0.2) is 9.37 Å². The molecule has 1 fully saturated rings. The van der Waals surface area contributed by atoms with Crippen LogP contribution in [-0.2, 0) is 0 Å². The Bertz CT molecular complexity index is 429. The summed E-state index contributed by atoms with van der Waals surface area (Å²) in [4.78, 5) is 3.96. The van der Waals surface area contributed by atoms with Crippen LogP contribution in [0.3, 0.4) is 0 Å². The zero-order valence-corrected chi connectivity index (χ0v) is 11.4. The number of pyridine rings is 1. The summed E-state index contributed by atoms with van der Waals surface area (Å²) in [6.45, 7) is 9.71. The van der Waals surface area contributed by atoms with Crippen LogP contribution in [0, 0.1) is 22.6 Å². The number of anilines is 1. The van der Waals surface area contributed by atoms with Crippen molar-refractivity contribution in [1.29, 1.82) is 0 Å². The Morgan fingerprint density at radius 2 is 1.94 bits per heavy atom. The van der Waals surface area contributed by atoms with Crippen LogP contribution in [0.4, 0.5) is 10.2 Å². The number of hydrogen-bond acceptors (Lipinski definition) is 2. The average Bonchev–Trinajstić information content (AvgIpc) is 2.58. The van der Waals surface area contributed by atoms with Gasteiger partial charge in [-0.05, 0) is 22.8 Å². The fourth-order valence-corrected chi connectivity index (χ4v) is 2.73. The van der Waals surface area contributed by atoms with Crippen molar-refractivity contribution in [3.05, 3.63) is 23.1 Å².